The van der Waals surface area contributed by atoms with Gasteiger partial charge in [-0.25, -0.2) is 0 Å². The quantitative estimate of drug-likeness (QED) is 0.0915. The van der Waals surface area contributed by atoms with Gasteiger partial charge < -0.3 is 10.2 Å². The molecule has 3 heteroatoms. The fraction of sp³-hybridized carbons (Fsp3) is 0.971. The number of carbonyl (C=O) groups is 1. The number of hydrogen-bond donors (Lipinski definition) is 2. The van der Waals surface area contributed by atoms with Gasteiger partial charge in [0.25, 0.3) is 0 Å². The van der Waals surface area contributed by atoms with Crippen molar-refractivity contribution in [2.45, 2.75) is 206 Å². The molecular formula is C34H70O3. The van der Waals surface area contributed by atoms with Crippen LogP contribution < -0.4 is 0 Å². The first-order valence-corrected chi connectivity index (χ1v) is 17.0. The van der Waals surface area contributed by atoms with Crippen LogP contribution in [0.25, 0.3) is 0 Å². The SMILES string of the molecule is CCCCCCCCCCCCCCCC(=O)O.CCCCCCCCCCCCCCCCCCO. The van der Waals surface area contributed by atoms with Crippen LogP contribution in [0, 0.1) is 0 Å². The zero-order valence-electron chi connectivity index (χ0n) is 25.7. The van der Waals surface area contributed by atoms with E-state index in [1.807, 2.05) is 0 Å². The number of hydrogen-bond acceptors (Lipinski definition) is 2. The average Bonchev–Trinajstić information content (AvgIpc) is 2.89. The molecule has 0 heterocycles. The minimum atomic E-state index is -0.655. The molecule has 0 aromatic rings. The molecule has 0 unspecified atom stereocenters. The third-order valence-corrected chi connectivity index (χ3v) is 7.51. The van der Waals surface area contributed by atoms with Crippen molar-refractivity contribution in [3.63, 3.8) is 0 Å². The van der Waals surface area contributed by atoms with E-state index >= 15 is 0 Å². The van der Waals surface area contributed by atoms with Crippen molar-refractivity contribution < 1.29 is 15.0 Å². The van der Waals surface area contributed by atoms with Gasteiger partial charge >= 0.3 is 5.97 Å². The molecule has 3 nitrogen and oxygen atoms in total. The van der Waals surface area contributed by atoms with Crippen LogP contribution in [0.4, 0.5) is 0 Å². The van der Waals surface area contributed by atoms with Gasteiger partial charge in [0.05, 0.1) is 0 Å². The summed E-state index contributed by atoms with van der Waals surface area (Å²) in [5.74, 6) is -0.655. The van der Waals surface area contributed by atoms with Gasteiger partial charge in [0.2, 0.25) is 0 Å². The average molecular weight is 527 g/mol. The van der Waals surface area contributed by atoms with Crippen LogP contribution >= 0.6 is 0 Å². The van der Waals surface area contributed by atoms with Crippen molar-refractivity contribution in [3.05, 3.63) is 0 Å². The van der Waals surface area contributed by atoms with Crippen molar-refractivity contribution in [1.82, 2.24) is 0 Å². The van der Waals surface area contributed by atoms with Gasteiger partial charge in [-0.2, -0.15) is 0 Å². The summed E-state index contributed by atoms with van der Waals surface area (Å²) in [7, 11) is 0. The Morgan fingerprint density at radius 3 is 0.811 bits per heavy atom. The molecule has 0 bridgehead atoms. The molecule has 0 amide bonds. The lowest BCUT2D eigenvalue weighted by Crippen LogP contribution is -1.93. The van der Waals surface area contributed by atoms with E-state index in [1.54, 1.807) is 0 Å². The fourth-order valence-corrected chi connectivity index (χ4v) is 4.95. The van der Waals surface area contributed by atoms with Gasteiger partial charge in [-0.1, -0.05) is 187 Å². The van der Waals surface area contributed by atoms with E-state index < -0.39 is 5.97 Å². The number of aliphatic hydroxyl groups excluding tert-OH is 1. The summed E-state index contributed by atoms with van der Waals surface area (Å²) in [6, 6.07) is 0. The first-order valence-electron chi connectivity index (χ1n) is 17.0. The fourth-order valence-electron chi connectivity index (χ4n) is 4.95. The van der Waals surface area contributed by atoms with Gasteiger partial charge in [0.1, 0.15) is 0 Å². The molecular weight excluding hydrogens is 456 g/mol. The Bertz CT molecular complexity index is 381. The summed E-state index contributed by atoms with van der Waals surface area (Å²) in [5, 5.41) is 17.2. The first kappa shape index (κ1) is 38.6. The number of aliphatic hydroxyl groups is 1. The molecule has 0 aliphatic rings. The molecule has 224 valence electrons. The normalized spacial score (nSPS) is 10.9. The van der Waals surface area contributed by atoms with Crippen LogP contribution in [0.1, 0.15) is 206 Å². The molecule has 0 atom stereocenters. The summed E-state index contributed by atoms with van der Waals surface area (Å²) in [4.78, 5) is 10.3. The third-order valence-electron chi connectivity index (χ3n) is 7.51. The van der Waals surface area contributed by atoms with Gasteiger partial charge in [-0.05, 0) is 12.8 Å². The third kappa shape index (κ3) is 42.8. The largest absolute Gasteiger partial charge is 0.481 e. The number of aliphatic carboxylic acids is 1. The molecule has 0 aliphatic heterocycles. The van der Waals surface area contributed by atoms with Gasteiger partial charge in [-0.3, -0.25) is 4.79 Å². The maximum atomic E-state index is 10.3. The summed E-state index contributed by atoms with van der Waals surface area (Å²) in [6.07, 6.45) is 39.4. The second kappa shape index (κ2) is 37.6. The molecule has 0 spiro atoms. The van der Waals surface area contributed by atoms with Gasteiger partial charge in [-0.15, -0.1) is 0 Å². The second-order valence-electron chi connectivity index (χ2n) is 11.4. The Morgan fingerprint density at radius 1 is 0.378 bits per heavy atom. The molecule has 0 rings (SSSR count). The molecule has 0 fully saturated rings. The van der Waals surface area contributed by atoms with E-state index in [-0.39, 0.29) is 0 Å². The highest BCUT2D eigenvalue weighted by Crippen LogP contribution is 2.14. The van der Waals surface area contributed by atoms with Crippen LogP contribution in [0.15, 0.2) is 0 Å². The highest BCUT2D eigenvalue weighted by molar-refractivity contribution is 5.66. The lowest BCUT2D eigenvalue weighted by molar-refractivity contribution is -0.137. The van der Waals surface area contributed by atoms with Crippen LogP contribution in [0.5, 0.6) is 0 Å². The van der Waals surface area contributed by atoms with Crippen LogP contribution in [-0.4, -0.2) is 22.8 Å². The zero-order chi connectivity index (χ0) is 27.5. The van der Waals surface area contributed by atoms with Crippen molar-refractivity contribution >= 4 is 5.97 Å². The Hall–Kier alpha value is -0.570. The van der Waals surface area contributed by atoms with Crippen LogP contribution in [-0.2, 0) is 4.79 Å². The molecule has 37 heavy (non-hydrogen) atoms. The molecule has 0 aliphatic carbocycles. The predicted octanol–water partition coefficient (Wildman–Crippen LogP) is 11.8. The van der Waals surface area contributed by atoms with E-state index in [9.17, 15) is 4.79 Å². The molecule has 0 aromatic carbocycles. The van der Waals surface area contributed by atoms with Crippen LogP contribution in [0.2, 0.25) is 0 Å². The van der Waals surface area contributed by atoms with Gasteiger partial charge in [0, 0.05) is 13.0 Å². The summed E-state index contributed by atoms with van der Waals surface area (Å²) < 4.78 is 0. The summed E-state index contributed by atoms with van der Waals surface area (Å²) in [5.41, 5.74) is 0. The molecule has 0 saturated carbocycles. The number of unbranched alkanes of at least 4 members (excludes halogenated alkanes) is 27. The van der Waals surface area contributed by atoms with E-state index in [1.165, 1.54) is 167 Å². The Balaban J connectivity index is 0. The Labute approximate surface area is 234 Å². The van der Waals surface area contributed by atoms with E-state index in [0.29, 0.717) is 13.0 Å². The second-order valence-corrected chi connectivity index (χ2v) is 11.4. The highest BCUT2D eigenvalue weighted by Gasteiger charge is 1.97. The maximum absolute atomic E-state index is 10.3. The molecule has 0 radical (unpaired) electrons. The lowest BCUT2D eigenvalue weighted by Gasteiger charge is -2.03. The highest BCUT2D eigenvalue weighted by atomic mass is 16.4. The van der Waals surface area contributed by atoms with Crippen molar-refractivity contribution in [3.8, 4) is 0 Å². The molecule has 2 N–H and O–H groups in total. The minimum absolute atomic E-state index is 0.345. The Kier molecular flexibility index (Phi) is 39.2. The summed E-state index contributed by atoms with van der Waals surface area (Å²) >= 11 is 0. The molecule has 0 aromatic heterocycles. The van der Waals surface area contributed by atoms with E-state index in [0.717, 1.165) is 19.3 Å². The smallest absolute Gasteiger partial charge is 0.303 e. The number of carboxylic acid groups (broad SMARTS) is 1. The van der Waals surface area contributed by atoms with Gasteiger partial charge in [0.15, 0.2) is 0 Å². The van der Waals surface area contributed by atoms with Crippen molar-refractivity contribution in [1.29, 1.82) is 0 Å². The topological polar surface area (TPSA) is 57.5 Å². The van der Waals surface area contributed by atoms with Crippen molar-refractivity contribution in [2.75, 3.05) is 6.61 Å². The predicted molar refractivity (Wildman–Crippen MR) is 165 cm³/mol. The standard InChI is InChI=1S/C18H38O.C16H32O2/c1-2-3-4-5-6-7-8-9-10-11-12-13-14-15-16-17-18-19;1-2-3-4-5-6-7-8-9-10-11-12-13-14-15-16(17)18/h19H,2-18H2,1H3;2-15H2,1H3,(H,17,18). The minimum Gasteiger partial charge on any atom is -0.481 e. The van der Waals surface area contributed by atoms with Crippen LogP contribution in [0.3, 0.4) is 0 Å². The summed E-state index contributed by atoms with van der Waals surface area (Å²) in [6.45, 7) is 4.92. The number of rotatable bonds is 30. The zero-order valence-corrected chi connectivity index (χ0v) is 25.7. The monoisotopic (exact) mass is 527 g/mol. The maximum Gasteiger partial charge on any atom is 0.303 e. The first-order chi connectivity index (χ1) is 18.2. The van der Waals surface area contributed by atoms with Crippen molar-refractivity contribution in [2.24, 2.45) is 0 Å². The number of carboxylic acids is 1. The Morgan fingerprint density at radius 2 is 0.595 bits per heavy atom. The van der Waals surface area contributed by atoms with E-state index in [4.69, 9.17) is 10.2 Å². The van der Waals surface area contributed by atoms with E-state index in [2.05, 4.69) is 13.8 Å². The molecule has 0 saturated heterocycles. The lowest BCUT2D eigenvalue weighted by atomic mass is 10.0.